The van der Waals surface area contributed by atoms with E-state index in [1.807, 2.05) is 25.2 Å². The molecule has 106 valence electrons. The minimum Gasteiger partial charge on any atom is -0.481 e. The summed E-state index contributed by atoms with van der Waals surface area (Å²) in [4.78, 5) is 21.5. The molecular weight excluding hydrogens is 254 g/mol. The van der Waals surface area contributed by atoms with Crippen LogP contribution in [0.5, 0.6) is 0 Å². The van der Waals surface area contributed by atoms with Gasteiger partial charge in [0.2, 0.25) is 0 Å². The van der Waals surface area contributed by atoms with Crippen molar-refractivity contribution in [3.63, 3.8) is 0 Å². The van der Waals surface area contributed by atoms with E-state index in [0.717, 1.165) is 30.0 Å². The summed E-state index contributed by atoms with van der Waals surface area (Å²) in [7, 11) is 2.01. The van der Waals surface area contributed by atoms with Gasteiger partial charge in [0.25, 0.3) is 0 Å². The number of aryl methyl sites for hydroxylation is 2. The summed E-state index contributed by atoms with van der Waals surface area (Å²) >= 11 is 0. The van der Waals surface area contributed by atoms with E-state index in [4.69, 9.17) is 5.11 Å². The quantitative estimate of drug-likeness (QED) is 0.650. The van der Waals surface area contributed by atoms with Gasteiger partial charge in [0.1, 0.15) is 6.29 Å². The van der Waals surface area contributed by atoms with E-state index in [-0.39, 0.29) is 6.42 Å². The second-order valence-electron chi connectivity index (χ2n) is 5.12. The van der Waals surface area contributed by atoms with Crippen molar-refractivity contribution in [3.05, 3.63) is 35.0 Å². The van der Waals surface area contributed by atoms with Gasteiger partial charge in [-0.2, -0.15) is 0 Å². The number of aromatic nitrogens is 1. The molecule has 1 aromatic heterocycles. The summed E-state index contributed by atoms with van der Waals surface area (Å²) < 4.78 is 2.12. The molecule has 0 saturated heterocycles. The van der Waals surface area contributed by atoms with Gasteiger partial charge in [-0.15, -0.1) is 0 Å². The number of nitrogens with zero attached hydrogens (tertiary/aromatic N) is 1. The lowest BCUT2D eigenvalue weighted by Gasteiger charge is -2.02. The molecule has 0 atom stereocenters. The summed E-state index contributed by atoms with van der Waals surface area (Å²) in [6, 6.07) is 5.71. The van der Waals surface area contributed by atoms with E-state index in [9.17, 15) is 9.59 Å². The fraction of sp³-hybridized carbons (Fsp3) is 0.375. The zero-order chi connectivity index (χ0) is 14.7. The predicted molar refractivity (Wildman–Crippen MR) is 78.2 cm³/mol. The number of rotatable bonds is 6. The average Bonchev–Trinajstić information content (AvgIpc) is 2.67. The van der Waals surface area contributed by atoms with Gasteiger partial charge in [0, 0.05) is 35.6 Å². The Morgan fingerprint density at radius 2 is 2.10 bits per heavy atom. The number of carboxylic acids is 1. The molecule has 4 heteroatoms. The fourth-order valence-electron chi connectivity index (χ4n) is 2.63. The molecule has 0 radical (unpaired) electrons. The fourth-order valence-corrected chi connectivity index (χ4v) is 2.63. The second kappa shape index (κ2) is 5.90. The molecule has 4 nitrogen and oxygen atoms in total. The van der Waals surface area contributed by atoms with E-state index in [1.165, 1.54) is 11.3 Å². The summed E-state index contributed by atoms with van der Waals surface area (Å²) in [6.07, 6.45) is 3.44. The second-order valence-corrected chi connectivity index (χ2v) is 5.12. The van der Waals surface area contributed by atoms with Crippen LogP contribution < -0.4 is 0 Å². The molecule has 0 spiro atoms. The molecule has 0 unspecified atom stereocenters. The Kier molecular flexibility index (Phi) is 4.23. The van der Waals surface area contributed by atoms with Crippen molar-refractivity contribution < 1.29 is 14.7 Å². The van der Waals surface area contributed by atoms with Crippen LogP contribution in [0.2, 0.25) is 0 Å². The standard InChI is InChI=1S/C16H19NO3/c1-11-13(5-3-4-6-16(19)20)14-9-12(10-18)7-8-15(14)17(11)2/h7-10H,3-6H2,1-2H3,(H,19,20). The molecule has 1 N–H and O–H groups in total. The third kappa shape index (κ3) is 2.74. The molecule has 0 amide bonds. The van der Waals surface area contributed by atoms with Gasteiger partial charge < -0.3 is 9.67 Å². The van der Waals surface area contributed by atoms with Crippen LogP contribution in [0.3, 0.4) is 0 Å². The summed E-state index contributed by atoms with van der Waals surface area (Å²) in [5.74, 6) is -0.747. The van der Waals surface area contributed by atoms with Gasteiger partial charge in [-0.05, 0) is 49.9 Å². The largest absolute Gasteiger partial charge is 0.481 e. The lowest BCUT2D eigenvalue weighted by Crippen LogP contribution is -1.96. The Morgan fingerprint density at radius 3 is 2.75 bits per heavy atom. The molecule has 0 saturated carbocycles. The molecule has 1 heterocycles. The first-order valence-corrected chi connectivity index (χ1v) is 6.79. The smallest absolute Gasteiger partial charge is 0.303 e. The molecule has 2 aromatic rings. The van der Waals surface area contributed by atoms with Crippen LogP contribution in [0.15, 0.2) is 18.2 Å². The number of benzene rings is 1. The maximum absolute atomic E-state index is 10.9. The van der Waals surface area contributed by atoms with E-state index in [1.54, 1.807) is 0 Å². The molecule has 0 aliphatic rings. The first-order chi connectivity index (χ1) is 9.54. The lowest BCUT2D eigenvalue weighted by atomic mass is 10.0. The van der Waals surface area contributed by atoms with Crippen LogP contribution in [0.4, 0.5) is 0 Å². The number of carbonyl (C=O) groups excluding carboxylic acids is 1. The number of fused-ring (bicyclic) bond motifs is 1. The van der Waals surface area contributed by atoms with Crippen LogP contribution in [-0.4, -0.2) is 21.9 Å². The monoisotopic (exact) mass is 273 g/mol. The first-order valence-electron chi connectivity index (χ1n) is 6.79. The van der Waals surface area contributed by atoms with Gasteiger partial charge in [0.05, 0.1) is 0 Å². The van der Waals surface area contributed by atoms with Crippen LogP contribution in [0.25, 0.3) is 10.9 Å². The highest BCUT2D eigenvalue weighted by atomic mass is 16.4. The van der Waals surface area contributed by atoms with Gasteiger partial charge in [-0.1, -0.05) is 0 Å². The van der Waals surface area contributed by atoms with Crippen LogP contribution in [-0.2, 0) is 18.3 Å². The van der Waals surface area contributed by atoms with Crippen molar-refractivity contribution in [2.75, 3.05) is 0 Å². The zero-order valence-corrected chi connectivity index (χ0v) is 11.8. The van der Waals surface area contributed by atoms with Crippen molar-refractivity contribution in [1.29, 1.82) is 0 Å². The Hall–Kier alpha value is -2.10. The molecular formula is C16H19NO3. The van der Waals surface area contributed by atoms with E-state index < -0.39 is 5.97 Å². The minimum atomic E-state index is -0.747. The number of carbonyl (C=O) groups is 2. The Labute approximate surface area is 118 Å². The molecule has 0 bridgehead atoms. The average molecular weight is 273 g/mol. The Balaban J connectivity index is 2.28. The number of hydrogen-bond acceptors (Lipinski definition) is 2. The maximum atomic E-state index is 10.9. The maximum Gasteiger partial charge on any atom is 0.303 e. The molecule has 1 aromatic carbocycles. The molecule has 0 aliphatic heterocycles. The van der Waals surface area contributed by atoms with Crippen LogP contribution in [0, 0.1) is 6.92 Å². The molecule has 0 aliphatic carbocycles. The van der Waals surface area contributed by atoms with Gasteiger partial charge in [-0.25, -0.2) is 0 Å². The van der Waals surface area contributed by atoms with Crippen molar-refractivity contribution in [1.82, 2.24) is 4.57 Å². The minimum absolute atomic E-state index is 0.212. The predicted octanol–water partition coefficient (Wildman–Crippen LogP) is 3.10. The molecule has 0 fully saturated rings. The topological polar surface area (TPSA) is 59.3 Å². The van der Waals surface area contributed by atoms with Gasteiger partial charge >= 0.3 is 5.97 Å². The Bertz CT molecular complexity index is 655. The number of aldehydes is 1. The summed E-state index contributed by atoms with van der Waals surface area (Å²) in [5.41, 5.74) is 4.19. The lowest BCUT2D eigenvalue weighted by molar-refractivity contribution is -0.137. The number of hydrogen-bond donors (Lipinski definition) is 1. The number of aliphatic carboxylic acids is 1. The SMILES string of the molecule is Cc1c(CCCCC(=O)O)c2cc(C=O)ccc2n1C. The molecule has 20 heavy (non-hydrogen) atoms. The highest BCUT2D eigenvalue weighted by Crippen LogP contribution is 2.27. The zero-order valence-electron chi connectivity index (χ0n) is 11.8. The highest BCUT2D eigenvalue weighted by molar-refractivity contribution is 5.91. The van der Waals surface area contributed by atoms with Gasteiger partial charge in [0.15, 0.2) is 0 Å². The van der Waals surface area contributed by atoms with Crippen molar-refractivity contribution in [3.8, 4) is 0 Å². The van der Waals surface area contributed by atoms with Crippen molar-refractivity contribution in [2.24, 2.45) is 7.05 Å². The summed E-state index contributed by atoms with van der Waals surface area (Å²) in [5, 5.41) is 9.77. The van der Waals surface area contributed by atoms with E-state index >= 15 is 0 Å². The van der Waals surface area contributed by atoms with Crippen molar-refractivity contribution >= 4 is 23.2 Å². The summed E-state index contributed by atoms with van der Waals surface area (Å²) in [6.45, 7) is 2.06. The third-order valence-electron chi connectivity index (χ3n) is 3.85. The normalized spacial score (nSPS) is 10.9. The number of unbranched alkanes of at least 4 members (excludes halogenated alkanes) is 1. The number of carboxylic acid groups (broad SMARTS) is 1. The Morgan fingerprint density at radius 1 is 1.35 bits per heavy atom. The highest BCUT2D eigenvalue weighted by Gasteiger charge is 2.12. The molecule has 2 rings (SSSR count). The van der Waals surface area contributed by atoms with Gasteiger partial charge in [-0.3, -0.25) is 9.59 Å². The first kappa shape index (κ1) is 14.3. The van der Waals surface area contributed by atoms with E-state index in [2.05, 4.69) is 11.5 Å². The van der Waals surface area contributed by atoms with E-state index in [0.29, 0.717) is 12.0 Å². The van der Waals surface area contributed by atoms with Crippen LogP contribution in [0.1, 0.15) is 40.9 Å². The third-order valence-corrected chi connectivity index (χ3v) is 3.85. The van der Waals surface area contributed by atoms with Crippen LogP contribution >= 0.6 is 0 Å². The van der Waals surface area contributed by atoms with Crippen molar-refractivity contribution in [2.45, 2.75) is 32.6 Å².